The van der Waals surface area contributed by atoms with Crippen molar-refractivity contribution in [1.82, 2.24) is 4.31 Å². The average Bonchev–Trinajstić information content (AvgIpc) is 2.98. The minimum atomic E-state index is -4.21. The fourth-order valence-corrected chi connectivity index (χ4v) is 3.90. The van der Waals surface area contributed by atoms with E-state index in [1.54, 1.807) is 6.92 Å². The summed E-state index contributed by atoms with van der Waals surface area (Å²) in [5.74, 6) is -2.02. The molecule has 2 rings (SSSR count). The Labute approximate surface area is 162 Å². The highest BCUT2D eigenvalue weighted by atomic mass is 32.2. The predicted octanol–water partition coefficient (Wildman–Crippen LogP) is 0.981. The molecule has 1 saturated heterocycles. The van der Waals surface area contributed by atoms with Gasteiger partial charge in [-0.2, -0.15) is 0 Å². The van der Waals surface area contributed by atoms with Gasteiger partial charge >= 0.3 is 11.9 Å². The number of carbonyl (C=O) groups excluding carboxylic acids is 3. The second kappa shape index (κ2) is 8.53. The van der Waals surface area contributed by atoms with Crippen LogP contribution in [0.25, 0.3) is 0 Å². The zero-order chi connectivity index (χ0) is 21.1. The average molecular weight is 411 g/mol. The highest BCUT2D eigenvalue weighted by molar-refractivity contribution is 7.89. The van der Waals surface area contributed by atoms with Crippen molar-refractivity contribution in [2.45, 2.75) is 43.9 Å². The van der Waals surface area contributed by atoms with E-state index in [1.807, 2.05) is 0 Å². The molecule has 1 aromatic carbocycles. The molecule has 28 heavy (non-hydrogen) atoms. The van der Waals surface area contributed by atoms with E-state index in [1.165, 1.54) is 19.1 Å². The zero-order valence-corrected chi connectivity index (χ0v) is 16.3. The summed E-state index contributed by atoms with van der Waals surface area (Å²) < 4.78 is 35.4. The normalized spacial score (nSPS) is 17.9. The lowest BCUT2D eigenvalue weighted by atomic mass is 10.2. The highest BCUT2D eigenvalue weighted by Crippen LogP contribution is 2.26. The molecule has 1 fully saturated rings. The van der Waals surface area contributed by atoms with Gasteiger partial charge in [0, 0.05) is 18.4 Å². The van der Waals surface area contributed by atoms with Gasteiger partial charge in [-0.1, -0.05) is 6.58 Å². The first-order valence-electron chi connectivity index (χ1n) is 8.43. The van der Waals surface area contributed by atoms with E-state index in [0.29, 0.717) is 4.31 Å². The molecular formula is C18H21NO8S. The van der Waals surface area contributed by atoms with E-state index in [0.717, 1.165) is 12.1 Å². The Morgan fingerprint density at radius 2 is 1.93 bits per heavy atom. The minimum Gasteiger partial charge on any atom is -0.458 e. The predicted molar refractivity (Wildman–Crippen MR) is 96.4 cm³/mol. The van der Waals surface area contributed by atoms with Crippen molar-refractivity contribution in [3.05, 3.63) is 42.0 Å². The number of ether oxygens (including phenoxy) is 2. The van der Waals surface area contributed by atoms with E-state index in [2.05, 4.69) is 6.58 Å². The summed E-state index contributed by atoms with van der Waals surface area (Å²) in [6, 6.07) is 4.75. The minimum absolute atomic E-state index is 0.0383. The van der Waals surface area contributed by atoms with Crippen LogP contribution in [0.3, 0.4) is 0 Å². The molecule has 0 spiro atoms. The lowest BCUT2D eigenvalue weighted by Crippen LogP contribution is -2.38. The number of sulfonamides is 1. The number of carbonyl (C=O) groups is 3. The van der Waals surface area contributed by atoms with Gasteiger partial charge in [0.1, 0.15) is 18.9 Å². The van der Waals surface area contributed by atoms with Crippen LogP contribution in [0.4, 0.5) is 0 Å². The van der Waals surface area contributed by atoms with Crippen LogP contribution < -0.4 is 0 Å². The Balaban J connectivity index is 2.02. The summed E-state index contributed by atoms with van der Waals surface area (Å²) >= 11 is 0. The summed E-state index contributed by atoms with van der Waals surface area (Å²) in [4.78, 5) is 34.9. The van der Waals surface area contributed by atoms with Crippen LogP contribution in [0, 0.1) is 0 Å². The molecule has 1 amide bonds. The van der Waals surface area contributed by atoms with Gasteiger partial charge in [0.05, 0.1) is 10.5 Å². The van der Waals surface area contributed by atoms with Crippen LogP contribution in [0.1, 0.15) is 37.0 Å². The molecular weight excluding hydrogens is 390 g/mol. The first kappa shape index (κ1) is 21.6. The third kappa shape index (κ3) is 4.76. The summed E-state index contributed by atoms with van der Waals surface area (Å²) in [5, 5.41) is 9.73. The Morgan fingerprint density at radius 3 is 2.43 bits per heavy atom. The van der Waals surface area contributed by atoms with Gasteiger partial charge in [-0.05, 0) is 38.1 Å². The number of nitrogens with zero attached hydrogens (tertiary/aromatic N) is 1. The Morgan fingerprint density at radius 1 is 1.32 bits per heavy atom. The van der Waals surface area contributed by atoms with E-state index >= 15 is 0 Å². The maximum absolute atomic E-state index is 12.5. The Kier molecular flexibility index (Phi) is 6.57. The molecule has 1 aliphatic heterocycles. The maximum Gasteiger partial charge on any atom is 0.338 e. The zero-order valence-electron chi connectivity index (χ0n) is 15.5. The molecule has 1 aromatic rings. The first-order valence-corrected chi connectivity index (χ1v) is 9.87. The van der Waals surface area contributed by atoms with Gasteiger partial charge < -0.3 is 14.6 Å². The van der Waals surface area contributed by atoms with Crippen molar-refractivity contribution in [3.8, 4) is 0 Å². The van der Waals surface area contributed by atoms with E-state index in [4.69, 9.17) is 9.47 Å². The third-order valence-electron chi connectivity index (χ3n) is 3.89. The number of aliphatic hydroxyl groups excluding tert-OH is 1. The summed E-state index contributed by atoms with van der Waals surface area (Å²) in [6.45, 7) is 6.29. The molecule has 9 nitrogen and oxygen atoms in total. The van der Waals surface area contributed by atoms with Crippen molar-refractivity contribution in [2.24, 2.45) is 0 Å². The molecule has 152 valence electrons. The van der Waals surface area contributed by atoms with Crippen LogP contribution in [0.15, 0.2) is 41.3 Å². The number of benzene rings is 1. The van der Waals surface area contributed by atoms with Crippen molar-refractivity contribution < 1.29 is 37.4 Å². The molecule has 1 aliphatic rings. The molecule has 1 N–H and O–H groups in total. The standard InChI is InChI=1S/C18H21NO8S/c1-11(2)17(22)27-12(3)10-26-18(23)13-4-6-14(7-5-13)28(24,25)19-15(20)8-9-16(19)21/h4-7,12,15,20H,1,8-10H2,2-3H3. The fourth-order valence-electron chi connectivity index (χ4n) is 2.41. The molecule has 0 aliphatic carbocycles. The molecule has 1 heterocycles. The lowest BCUT2D eigenvalue weighted by molar-refractivity contribution is -0.145. The van der Waals surface area contributed by atoms with E-state index < -0.39 is 40.2 Å². The van der Waals surface area contributed by atoms with Gasteiger partial charge in [-0.3, -0.25) is 4.79 Å². The molecule has 10 heteroatoms. The van der Waals surface area contributed by atoms with Crippen molar-refractivity contribution in [2.75, 3.05) is 6.61 Å². The number of hydrogen-bond acceptors (Lipinski definition) is 8. The smallest absolute Gasteiger partial charge is 0.338 e. The fraction of sp³-hybridized carbons (Fsp3) is 0.389. The van der Waals surface area contributed by atoms with Gasteiger partial charge in [0.2, 0.25) is 5.91 Å². The number of rotatable bonds is 7. The van der Waals surface area contributed by atoms with Crippen LogP contribution in [0.5, 0.6) is 0 Å². The molecule has 0 aromatic heterocycles. The highest BCUT2D eigenvalue weighted by Gasteiger charge is 2.39. The molecule has 2 atom stereocenters. The number of hydrogen-bond donors (Lipinski definition) is 1. The second-order valence-electron chi connectivity index (χ2n) is 6.33. The second-order valence-corrected chi connectivity index (χ2v) is 8.15. The summed E-state index contributed by atoms with van der Waals surface area (Å²) in [7, 11) is -4.21. The van der Waals surface area contributed by atoms with Crippen molar-refractivity contribution >= 4 is 27.9 Å². The lowest BCUT2D eigenvalue weighted by Gasteiger charge is -2.20. The molecule has 0 bridgehead atoms. The summed E-state index contributed by atoms with van der Waals surface area (Å²) in [5.41, 5.74) is 0.294. The SMILES string of the molecule is C=C(C)C(=O)OC(C)COC(=O)c1ccc(S(=O)(=O)N2C(=O)CCC2O)cc1. The van der Waals surface area contributed by atoms with Gasteiger partial charge in [0.15, 0.2) is 0 Å². The number of aliphatic hydroxyl groups is 1. The van der Waals surface area contributed by atoms with E-state index in [-0.39, 0.29) is 35.5 Å². The van der Waals surface area contributed by atoms with Gasteiger partial charge in [0.25, 0.3) is 10.0 Å². The largest absolute Gasteiger partial charge is 0.458 e. The van der Waals surface area contributed by atoms with Crippen LogP contribution >= 0.6 is 0 Å². The maximum atomic E-state index is 12.5. The van der Waals surface area contributed by atoms with Crippen LogP contribution in [-0.4, -0.2) is 54.6 Å². The molecule has 2 unspecified atom stereocenters. The molecule has 0 radical (unpaired) electrons. The molecule has 0 saturated carbocycles. The van der Waals surface area contributed by atoms with Gasteiger partial charge in [-0.15, -0.1) is 0 Å². The van der Waals surface area contributed by atoms with Crippen LogP contribution in [-0.2, 0) is 29.1 Å². The number of esters is 2. The first-order chi connectivity index (χ1) is 13.0. The quantitative estimate of drug-likeness (QED) is 0.520. The van der Waals surface area contributed by atoms with Crippen molar-refractivity contribution in [3.63, 3.8) is 0 Å². The van der Waals surface area contributed by atoms with Crippen LogP contribution in [0.2, 0.25) is 0 Å². The Hall–Kier alpha value is -2.72. The monoisotopic (exact) mass is 411 g/mol. The van der Waals surface area contributed by atoms with E-state index in [9.17, 15) is 27.9 Å². The topological polar surface area (TPSA) is 127 Å². The third-order valence-corrected chi connectivity index (χ3v) is 5.72. The van der Waals surface area contributed by atoms with Crippen molar-refractivity contribution in [1.29, 1.82) is 0 Å². The summed E-state index contributed by atoms with van der Waals surface area (Å²) in [6.07, 6.45) is -2.10. The number of amides is 1. The van der Waals surface area contributed by atoms with Gasteiger partial charge in [-0.25, -0.2) is 22.3 Å². The Bertz CT molecular complexity index is 891.